The van der Waals surface area contributed by atoms with Crippen LogP contribution in [0.5, 0.6) is 0 Å². The Morgan fingerprint density at radius 2 is 1.79 bits per heavy atom. The van der Waals surface area contributed by atoms with Crippen molar-refractivity contribution in [3.63, 3.8) is 0 Å². The zero-order chi connectivity index (χ0) is 29.3. The molecule has 2 unspecified atom stereocenters. The van der Waals surface area contributed by atoms with Crippen LogP contribution in [0.4, 0.5) is 0 Å². The van der Waals surface area contributed by atoms with Crippen LogP contribution in [0.15, 0.2) is 33.4 Å². The molecule has 0 aromatic carbocycles. The van der Waals surface area contributed by atoms with E-state index >= 15 is 0 Å². The van der Waals surface area contributed by atoms with E-state index in [2.05, 4.69) is 14.2 Å². The zero-order valence-electron chi connectivity index (χ0n) is 20.0. The molecule has 3 rings (SSSR count). The molecule has 1 aromatic heterocycles. The van der Waals surface area contributed by atoms with Crippen molar-refractivity contribution in [2.45, 2.75) is 49.7 Å². The fraction of sp³-hybridized carbons (Fsp3) is 0.611. The number of rotatable bonds is 10. The highest BCUT2D eigenvalue weighted by atomic mass is 31.3. The number of nitrogens with one attached hydrogen (secondary N) is 2. The van der Waals surface area contributed by atoms with E-state index in [1.54, 1.807) is 0 Å². The molecule has 1 aromatic rings. The fourth-order valence-electron chi connectivity index (χ4n) is 3.87. The van der Waals surface area contributed by atoms with Gasteiger partial charge in [-0.05, 0) is 0 Å². The molecule has 2 aliphatic rings. The lowest BCUT2D eigenvalue weighted by Crippen LogP contribution is -2.64. The van der Waals surface area contributed by atoms with E-state index in [0.29, 0.717) is 4.57 Å². The summed E-state index contributed by atoms with van der Waals surface area (Å²) in [5.74, 6) is -2.53. The largest absolute Gasteiger partial charge is 0.506 e. The summed E-state index contributed by atoms with van der Waals surface area (Å²) in [7, 11) is -10.6. The van der Waals surface area contributed by atoms with Crippen molar-refractivity contribution in [1.29, 1.82) is 0 Å². The van der Waals surface area contributed by atoms with Crippen molar-refractivity contribution in [1.82, 2.24) is 14.9 Å². The number of carbonyl (C=O) groups excluding carboxylic acids is 1. The second-order valence-corrected chi connectivity index (χ2v) is 12.0. The second kappa shape index (κ2) is 12.0. The number of ether oxygens (including phenoxy) is 2. The van der Waals surface area contributed by atoms with Gasteiger partial charge in [0.2, 0.25) is 5.91 Å². The van der Waals surface area contributed by atoms with Crippen molar-refractivity contribution in [2.24, 2.45) is 0 Å². The van der Waals surface area contributed by atoms with Crippen LogP contribution in [0.1, 0.15) is 13.2 Å². The molecule has 0 saturated carbocycles. The van der Waals surface area contributed by atoms with Gasteiger partial charge in [0.1, 0.15) is 24.4 Å². The van der Waals surface area contributed by atoms with E-state index in [-0.39, 0.29) is 0 Å². The van der Waals surface area contributed by atoms with Crippen LogP contribution in [0.25, 0.3) is 0 Å². The van der Waals surface area contributed by atoms with Crippen LogP contribution in [0, 0.1) is 0 Å². The number of aromatic nitrogens is 2. The van der Waals surface area contributed by atoms with E-state index in [4.69, 9.17) is 9.47 Å². The van der Waals surface area contributed by atoms with Crippen LogP contribution in [0.3, 0.4) is 0 Å². The first kappa shape index (κ1) is 31.1. The van der Waals surface area contributed by atoms with Gasteiger partial charge < -0.3 is 50.1 Å². The highest BCUT2D eigenvalue weighted by molar-refractivity contribution is 7.64. The molecule has 0 aliphatic carbocycles. The summed E-state index contributed by atoms with van der Waals surface area (Å²) in [6.45, 7) is -0.814. The highest BCUT2D eigenvalue weighted by Gasteiger charge is 2.48. The second-order valence-electron chi connectivity index (χ2n) is 8.53. The van der Waals surface area contributed by atoms with Gasteiger partial charge in [0, 0.05) is 19.2 Å². The average molecular weight is 603 g/mol. The molecule has 9 N–H and O–H groups in total. The number of hydrogen-bond donors (Lipinski definition) is 9. The number of aliphatic hydroxyl groups excluding tert-OH is 5. The normalized spacial score (nSPS) is 32.4. The number of phosphoric acid groups is 1. The third-order valence-corrected chi connectivity index (χ3v) is 8.77. The van der Waals surface area contributed by atoms with Gasteiger partial charge in [0.25, 0.3) is 5.56 Å². The maximum Gasteiger partial charge on any atom is 0.479 e. The molecule has 0 radical (unpaired) electrons. The number of amides is 1. The summed E-state index contributed by atoms with van der Waals surface area (Å²) < 4.78 is 45.2. The number of H-pyrrole nitrogens is 1. The molecule has 3 heterocycles. The monoisotopic (exact) mass is 603 g/mol. The van der Waals surface area contributed by atoms with Gasteiger partial charge in [-0.25, -0.2) is 13.7 Å². The molecule has 1 amide bonds. The van der Waals surface area contributed by atoms with E-state index < -0.39 is 106 Å². The highest BCUT2D eigenvalue weighted by Crippen LogP contribution is 2.60. The van der Waals surface area contributed by atoms with E-state index in [9.17, 15) is 58.8 Å². The molecule has 1 fully saturated rings. The summed E-state index contributed by atoms with van der Waals surface area (Å²) in [6.07, 6.45) is -9.95. The SMILES string of the molecule is CC(=O)N[C@@H]1[C@@H](O)[C@@H](O)[C@@H](CO)O[C@@H]1CP(=O)(O)OP(=O)(O)OC[C@@H]1O[C@@H](n2ccc(=O)[nH]c2=O)C(O)=C1O. The molecule has 21 heteroatoms. The number of phosphoric ester groups is 1. The van der Waals surface area contributed by atoms with Crippen molar-refractivity contribution < 1.29 is 67.6 Å². The van der Waals surface area contributed by atoms with Crippen molar-refractivity contribution >= 4 is 21.3 Å². The maximum absolute atomic E-state index is 12.7. The third kappa shape index (κ3) is 7.41. The number of aliphatic hydroxyl groups is 5. The Balaban J connectivity index is 1.67. The minimum atomic E-state index is -5.41. The molecule has 0 spiro atoms. The standard InChI is InChI=1S/C18H27N3O16P2/c1-7(23)19-12-10(35-8(4-22)13(25)15(12)27)6-38(30,31)37-39(32,33)34-5-9-14(26)16(28)17(36-9)21-3-2-11(24)20-18(21)29/h2-3,8-10,12-13,15,17,22,25-28H,4-6H2,1H3,(H,19,23)(H,30,31)(H,32,33)(H,20,24,29)/t8-,9+,10-,12+,13+,15-,17-/m1/s1. The minimum absolute atomic E-state index is 0.685. The lowest BCUT2D eigenvalue weighted by molar-refractivity contribution is -0.190. The number of aromatic amines is 1. The summed E-state index contributed by atoms with van der Waals surface area (Å²) in [5, 5.41) is 52.0. The summed E-state index contributed by atoms with van der Waals surface area (Å²) in [5.41, 5.74) is -1.78. The van der Waals surface area contributed by atoms with Gasteiger partial charge in [0.15, 0.2) is 17.7 Å². The van der Waals surface area contributed by atoms with Crippen LogP contribution >= 0.6 is 15.4 Å². The molecular formula is C18H27N3O16P2. The molecule has 0 bridgehead atoms. The average Bonchev–Trinajstić information content (AvgIpc) is 3.10. The van der Waals surface area contributed by atoms with Crippen LogP contribution in [-0.2, 0) is 32.2 Å². The Labute approximate surface area is 218 Å². The van der Waals surface area contributed by atoms with Gasteiger partial charge in [-0.3, -0.25) is 28.2 Å². The first-order valence-electron chi connectivity index (χ1n) is 11.0. The van der Waals surface area contributed by atoms with E-state index in [1.807, 2.05) is 4.98 Å². The van der Waals surface area contributed by atoms with Gasteiger partial charge in [-0.1, -0.05) is 0 Å². The molecule has 220 valence electrons. The van der Waals surface area contributed by atoms with Crippen molar-refractivity contribution in [3.8, 4) is 0 Å². The lowest BCUT2D eigenvalue weighted by Gasteiger charge is -2.42. The molecule has 19 nitrogen and oxygen atoms in total. The smallest absolute Gasteiger partial charge is 0.479 e. The molecule has 1 saturated heterocycles. The molecule has 9 atom stereocenters. The summed E-state index contributed by atoms with van der Waals surface area (Å²) in [6, 6.07) is -0.559. The van der Waals surface area contributed by atoms with Gasteiger partial charge in [-0.15, -0.1) is 0 Å². The van der Waals surface area contributed by atoms with Gasteiger partial charge >= 0.3 is 21.1 Å². The predicted molar refractivity (Wildman–Crippen MR) is 124 cm³/mol. The topological polar surface area (TPSA) is 297 Å². The first-order valence-corrected chi connectivity index (χ1v) is 14.3. The predicted octanol–water partition coefficient (Wildman–Crippen LogP) is -2.93. The van der Waals surface area contributed by atoms with Gasteiger partial charge in [-0.2, -0.15) is 0 Å². The summed E-state index contributed by atoms with van der Waals surface area (Å²) in [4.78, 5) is 56.7. The molecule has 2 aliphatic heterocycles. The fourth-order valence-corrected chi connectivity index (χ4v) is 6.71. The van der Waals surface area contributed by atoms with Gasteiger partial charge in [0.05, 0.1) is 31.5 Å². The van der Waals surface area contributed by atoms with E-state index in [0.717, 1.165) is 19.2 Å². The third-order valence-electron chi connectivity index (χ3n) is 5.63. The first-order chi connectivity index (χ1) is 18.0. The number of hydrogen-bond acceptors (Lipinski definition) is 14. The minimum Gasteiger partial charge on any atom is -0.506 e. The van der Waals surface area contributed by atoms with Crippen LogP contribution in [-0.4, -0.2) is 107 Å². The quantitative estimate of drug-likeness (QED) is 0.121. The maximum atomic E-state index is 12.7. The number of carbonyl (C=O) groups is 1. The molecular weight excluding hydrogens is 576 g/mol. The Kier molecular flexibility index (Phi) is 9.57. The van der Waals surface area contributed by atoms with Crippen molar-refractivity contribution in [2.75, 3.05) is 19.4 Å². The summed E-state index contributed by atoms with van der Waals surface area (Å²) >= 11 is 0. The molecule has 39 heavy (non-hydrogen) atoms. The van der Waals surface area contributed by atoms with Crippen LogP contribution in [0.2, 0.25) is 0 Å². The zero-order valence-corrected chi connectivity index (χ0v) is 21.8. The van der Waals surface area contributed by atoms with Crippen LogP contribution < -0.4 is 16.6 Å². The Morgan fingerprint density at radius 3 is 2.38 bits per heavy atom. The lowest BCUT2D eigenvalue weighted by atomic mass is 9.93. The Morgan fingerprint density at radius 1 is 1.13 bits per heavy atom. The Bertz CT molecular complexity index is 1310. The van der Waals surface area contributed by atoms with E-state index in [1.165, 1.54) is 0 Å². The number of nitrogens with zero attached hydrogens (tertiary/aromatic N) is 1. The Hall–Kier alpha value is -2.41. The van der Waals surface area contributed by atoms with Crippen molar-refractivity contribution in [3.05, 3.63) is 44.6 Å².